The summed E-state index contributed by atoms with van der Waals surface area (Å²) in [7, 11) is 2.27. The van der Waals surface area contributed by atoms with Crippen molar-refractivity contribution >= 4 is 0 Å². The van der Waals surface area contributed by atoms with Gasteiger partial charge in [0.25, 0.3) is 0 Å². The normalized spacial score (nSPS) is 41.7. The zero-order valence-electron chi connectivity index (χ0n) is 7.01. The van der Waals surface area contributed by atoms with Gasteiger partial charge in [0.2, 0.25) is 0 Å². The molecular weight excluding hydrogens is 126 g/mol. The number of aliphatic hydroxyl groups excluding tert-OH is 1. The van der Waals surface area contributed by atoms with E-state index in [2.05, 4.69) is 14.0 Å². The van der Waals surface area contributed by atoms with E-state index in [1.54, 1.807) is 0 Å². The molecule has 10 heavy (non-hydrogen) atoms. The Bertz CT molecular complexity index is 106. The number of aliphatic hydroxyl groups is 1. The van der Waals surface area contributed by atoms with Crippen molar-refractivity contribution in [1.82, 2.24) is 0 Å². The van der Waals surface area contributed by atoms with Crippen LogP contribution in [-0.2, 0) is 0 Å². The smallest absolute Gasteiger partial charge is 0.0809 e. The second-order valence-electron chi connectivity index (χ2n) is 3.61. The molecule has 1 aliphatic rings. The molecule has 1 fully saturated rings. The maximum absolute atomic E-state index is 9.23. The van der Waals surface area contributed by atoms with Crippen LogP contribution in [0.3, 0.4) is 0 Å². The van der Waals surface area contributed by atoms with Crippen LogP contribution in [0.4, 0.5) is 0 Å². The van der Waals surface area contributed by atoms with Crippen molar-refractivity contribution in [1.29, 1.82) is 0 Å². The first-order chi connectivity index (χ1) is 4.66. The third kappa shape index (κ3) is 1.70. The summed E-state index contributed by atoms with van der Waals surface area (Å²) in [6.45, 7) is 5.72. The summed E-state index contributed by atoms with van der Waals surface area (Å²) in [6, 6.07) is 0. The Morgan fingerprint density at radius 2 is 1.90 bits per heavy atom. The van der Waals surface area contributed by atoms with Crippen molar-refractivity contribution < 1.29 is 9.59 Å². The van der Waals surface area contributed by atoms with Gasteiger partial charge in [0.15, 0.2) is 0 Å². The molecule has 0 aromatic rings. The topological polar surface area (TPSA) is 20.2 Å². The second kappa shape index (κ2) is 2.89. The molecule has 0 amide bonds. The summed E-state index contributed by atoms with van der Waals surface area (Å²) in [5.74, 6) is 0. The highest BCUT2D eigenvalue weighted by molar-refractivity contribution is 4.60. The van der Waals surface area contributed by atoms with Crippen molar-refractivity contribution in [2.24, 2.45) is 0 Å². The Balaban J connectivity index is 2.38. The van der Waals surface area contributed by atoms with Gasteiger partial charge in [-0.2, -0.15) is 0 Å². The van der Waals surface area contributed by atoms with Crippen LogP contribution in [0.5, 0.6) is 0 Å². The fourth-order valence-corrected chi connectivity index (χ4v) is 1.49. The average Bonchev–Trinajstić information content (AvgIpc) is 1.96. The van der Waals surface area contributed by atoms with Gasteiger partial charge in [0, 0.05) is 12.8 Å². The molecule has 0 bridgehead atoms. The first-order valence-corrected chi connectivity index (χ1v) is 4.18. The molecular formula is C8H18NO+. The first-order valence-electron chi connectivity index (χ1n) is 4.18. The minimum Gasteiger partial charge on any atom is -0.393 e. The van der Waals surface area contributed by atoms with Gasteiger partial charge in [-0.15, -0.1) is 0 Å². The van der Waals surface area contributed by atoms with Crippen molar-refractivity contribution in [3.8, 4) is 0 Å². The van der Waals surface area contributed by atoms with Crippen LogP contribution in [0.1, 0.15) is 19.8 Å². The fourth-order valence-electron chi connectivity index (χ4n) is 1.49. The summed E-state index contributed by atoms with van der Waals surface area (Å²) in [5, 5.41) is 9.23. The molecule has 0 aliphatic carbocycles. The van der Waals surface area contributed by atoms with Gasteiger partial charge >= 0.3 is 0 Å². The summed E-state index contributed by atoms with van der Waals surface area (Å²) in [6.07, 6.45) is 1.96. The maximum Gasteiger partial charge on any atom is 0.0809 e. The number of likely N-dealkylation sites (tertiary alicyclic amines) is 1. The molecule has 1 rings (SSSR count). The van der Waals surface area contributed by atoms with Gasteiger partial charge in [-0.1, -0.05) is 0 Å². The summed E-state index contributed by atoms with van der Waals surface area (Å²) >= 11 is 0. The Morgan fingerprint density at radius 1 is 1.40 bits per heavy atom. The minimum absolute atomic E-state index is 0.0160. The highest BCUT2D eigenvalue weighted by atomic mass is 16.3. The van der Waals surface area contributed by atoms with Crippen LogP contribution in [0.2, 0.25) is 0 Å². The van der Waals surface area contributed by atoms with E-state index in [1.165, 1.54) is 6.54 Å². The molecule has 0 unspecified atom stereocenters. The molecule has 1 N–H and O–H groups in total. The monoisotopic (exact) mass is 144 g/mol. The molecule has 1 saturated heterocycles. The lowest BCUT2D eigenvalue weighted by molar-refractivity contribution is -0.913. The predicted octanol–water partition coefficient (Wildman–Crippen LogP) is 0.608. The molecule has 1 aliphatic heterocycles. The zero-order chi connectivity index (χ0) is 7.61. The van der Waals surface area contributed by atoms with Gasteiger partial charge in [0.05, 0.1) is 32.8 Å². The van der Waals surface area contributed by atoms with E-state index < -0.39 is 0 Å². The van der Waals surface area contributed by atoms with E-state index in [0.29, 0.717) is 0 Å². The Morgan fingerprint density at radius 3 is 2.30 bits per heavy atom. The number of quaternary nitrogens is 1. The van der Waals surface area contributed by atoms with Gasteiger partial charge in [0.1, 0.15) is 0 Å². The Hall–Kier alpha value is -0.0800. The molecule has 0 atom stereocenters. The zero-order valence-corrected chi connectivity index (χ0v) is 7.01. The van der Waals surface area contributed by atoms with E-state index in [4.69, 9.17) is 0 Å². The lowest BCUT2D eigenvalue weighted by atomic mass is 10.1. The molecule has 0 aromatic heterocycles. The highest BCUT2D eigenvalue weighted by Gasteiger charge is 2.26. The van der Waals surface area contributed by atoms with Crippen molar-refractivity contribution in [2.45, 2.75) is 25.9 Å². The summed E-state index contributed by atoms with van der Waals surface area (Å²) < 4.78 is 1.15. The average molecular weight is 144 g/mol. The minimum atomic E-state index is -0.0160. The number of piperidine rings is 1. The van der Waals surface area contributed by atoms with Gasteiger partial charge in [-0.05, 0) is 6.92 Å². The third-order valence-electron chi connectivity index (χ3n) is 2.77. The van der Waals surface area contributed by atoms with Crippen LogP contribution in [0, 0.1) is 0 Å². The Labute approximate surface area is 63.1 Å². The molecule has 1 heterocycles. The second-order valence-corrected chi connectivity index (χ2v) is 3.61. The van der Waals surface area contributed by atoms with Crippen LogP contribution >= 0.6 is 0 Å². The molecule has 0 aromatic carbocycles. The third-order valence-corrected chi connectivity index (χ3v) is 2.77. The largest absolute Gasteiger partial charge is 0.393 e. The first kappa shape index (κ1) is 8.02. The molecule has 0 saturated carbocycles. The van der Waals surface area contributed by atoms with Crippen LogP contribution in [0.25, 0.3) is 0 Å². The molecule has 60 valence electrons. The standard InChI is InChI=1S/C8H18NO/c1-3-9(2)6-4-8(10)5-7-9/h8,10H,3-7H2,1-2H3/q+1. The number of rotatable bonds is 1. The number of hydrogen-bond donors (Lipinski definition) is 1. The summed E-state index contributed by atoms with van der Waals surface area (Å²) in [5.41, 5.74) is 0. The van der Waals surface area contributed by atoms with E-state index in [-0.39, 0.29) is 6.10 Å². The SMILES string of the molecule is CC[N+]1(C)CCC(O)CC1. The van der Waals surface area contributed by atoms with Crippen LogP contribution < -0.4 is 0 Å². The fraction of sp³-hybridized carbons (Fsp3) is 1.00. The molecule has 0 radical (unpaired) electrons. The maximum atomic E-state index is 9.23. The van der Waals surface area contributed by atoms with Crippen molar-refractivity contribution in [3.05, 3.63) is 0 Å². The Kier molecular flexibility index (Phi) is 2.32. The molecule has 2 nitrogen and oxygen atoms in total. The van der Waals surface area contributed by atoms with Crippen LogP contribution in [-0.4, -0.2) is 42.4 Å². The molecule has 2 heteroatoms. The highest BCUT2D eigenvalue weighted by Crippen LogP contribution is 2.15. The van der Waals surface area contributed by atoms with E-state index in [9.17, 15) is 5.11 Å². The van der Waals surface area contributed by atoms with E-state index in [0.717, 1.165) is 30.4 Å². The predicted molar refractivity (Wildman–Crippen MR) is 41.7 cm³/mol. The van der Waals surface area contributed by atoms with E-state index in [1.807, 2.05) is 0 Å². The van der Waals surface area contributed by atoms with E-state index >= 15 is 0 Å². The number of nitrogens with zero attached hydrogens (tertiary/aromatic N) is 1. The van der Waals surface area contributed by atoms with Crippen LogP contribution in [0.15, 0.2) is 0 Å². The van der Waals surface area contributed by atoms with Gasteiger partial charge in [-0.25, -0.2) is 0 Å². The number of hydrogen-bond acceptors (Lipinski definition) is 1. The van der Waals surface area contributed by atoms with Crippen molar-refractivity contribution in [3.63, 3.8) is 0 Å². The van der Waals surface area contributed by atoms with Gasteiger partial charge in [-0.3, -0.25) is 0 Å². The quantitative estimate of drug-likeness (QED) is 0.535. The summed E-state index contributed by atoms with van der Waals surface area (Å²) in [4.78, 5) is 0. The lowest BCUT2D eigenvalue weighted by Gasteiger charge is -2.38. The lowest BCUT2D eigenvalue weighted by Crippen LogP contribution is -2.50. The van der Waals surface area contributed by atoms with Gasteiger partial charge < -0.3 is 9.59 Å². The molecule has 0 spiro atoms. The van der Waals surface area contributed by atoms with Crippen molar-refractivity contribution in [2.75, 3.05) is 26.7 Å².